The van der Waals surface area contributed by atoms with E-state index in [1.807, 2.05) is 37.4 Å². The van der Waals surface area contributed by atoms with Crippen molar-refractivity contribution in [3.05, 3.63) is 63.7 Å². The maximum atomic E-state index is 13.2. The molecular formula is C23H22N4O4S2. The number of hydrogen-bond acceptors (Lipinski definition) is 7. The lowest BCUT2D eigenvalue weighted by atomic mass is 9.97. The van der Waals surface area contributed by atoms with Gasteiger partial charge < -0.3 is 15.0 Å². The van der Waals surface area contributed by atoms with Crippen LogP contribution in [-0.2, 0) is 10.0 Å². The third-order valence-corrected chi connectivity index (χ3v) is 8.15. The van der Waals surface area contributed by atoms with Gasteiger partial charge in [0.25, 0.3) is 15.9 Å². The second-order valence-electron chi connectivity index (χ2n) is 8.08. The second-order valence-corrected chi connectivity index (χ2v) is 10.6. The summed E-state index contributed by atoms with van der Waals surface area (Å²) in [5.74, 6) is -0.373. The van der Waals surface area contributed by atoms with Crippen molar-refractivity contribution in [2.45, 2.75) is 18.7 Å². The molecule has 0 aliphatic carbocycles. The third kappa shape index (κ3) is 3.75. The van der Waals surface area contributed by atoms with Gasteiger partial charge in [-0.1, -0.05) is 18.2 Å². The normalized spacial score (nSPS) is 14.2. The van der Waals surface area contributed by atoms with Crippen molar-refractivity contribution >= 4 is 49.7 Å². The van der Waals surface area contributed by atoms with Crippen LogP contribution in [0.15, 0.2) is 46.3 Å². The number of benzene rings is 1. The van der Waals surface area contributed by atoms with Crippen LogP contribution < -0.4 is 19.7 Å². The van der Waals surface area contributed by atoms with Crippen molar-refractivity contribution in [2.75, 3.05) is 35.1 Å². The maximum absolute atomic E-state index is 13.2. The zero-order chi connectivity index (χ0) is 23.3. The molecule has 2 aromatic heterocycles. The van der Waals surface area contributed by atoms with Gasteiger partial charge in [-0.15, -0.1) is 11.3 Å². The van der Waals surface area contributed by atoms with E-state index in [1.165, 1.54) is 36.3 Å². The molecule has 0 spiro atoms. The van der Waals surface area contributed by atoms with Gasteiger partial charge in [-0.25, -0.2) is 13.4 Å². The van der Waals surface area contributed by atoms with Crippen molar-refractivity contribution in [1.29, 1.82) is 0 Å². The van der Waals surface area contributed by atoms with Crippen molar-refractivity contribution in [1.82, 2.24) is 4.98 Å². The Morgan fingerprint density at radius 3 is 2.64 bits per heavy atom. The van der Waals surface area contributed by atoms with Crippen molar-refractivity contribution in [3.8, 4) is 5.88 Å². The van der Waals surface area contributed by atoms with Crippen molar-refractivity contribution < 1.29 is 17.9 Å². The van der Waals surface area contributed by atoms with Crippen LogP contribution >= 0.6 is 11.3 Å². The Bertz CT molecular complexity index is 1400. The SMILES string of the molecule is COc1ncc(NC(=O)c2csc3c2C=C2CN3C2)cc1S(=O)(=O)Nc1c(C)cccc1C. The molecule has 0 radical (unpaired) electrons. The van der Waals surface area contributed by atoms with E-state index in [-0.39, 0.29) is 22.4 Å². The molecule has 1 saturated heterocycles. The highest BCUT2D eigenvalue weighted by molar-refractivity contribution is 7.92. The van der Waals surface area contributed by atoms with E-state index in [1.54, 1.807) is 0 Å². The average molecular weight is 483 g/mol. The number of hydrogen-bond donors (Lipinski definition) is 2. The van der Waals surface area contributed by atoms with Crippen LogP contribution in [0, 0.1) is 13.8 Å². The highest BCUT2D eigenvalue weighted by Gasteiger charge is 2.32. The first-order valence-corrected chi connectivity index (χ1v) is 12.6. The average Bonchev–Trinajstić information content (AvgIpc) is 3.21. The van der Waals surface area contributed by atoms with E-state index in [0.29, 0.717) is 11.3 Å². The number of sulfonamides is 1. The van der Waals surface area contributed by atoms with Gasteiger partial charge in [-0.2, -0.15) is 0 Å². The molecule has 1 fully saturated rings. The van der Waals surface area contributed by atoms with Crippen molar-refractivity contribution in [2.24, 2.45) is 0 Å². The Morgan fingerprint density at radius 1 is 1.21 bits per heavy atom. The number of thiophene rings is 1. The molecule has 2 N–H and O–H groups in total. The number of ether oxygens (including phenoxy) is 1. The molecule has 2 bridgehead atoms. The smallest absolute Gasteiger partial charge is 0.267 e. The van der Waals surface area contributed by atoms with Crippen LogP contribution in [0.3, 0.4) is 0 Å². The van der Waals surface area contributed by atoms with Crippen LogP contribution in [0.25, 0.3) is 6.08 Å². The number of aryl methyl sites for hydroxylation is 2. The minimum absolute atomic E-state index is 0.0581. The van der Waals surface area contributed by atoms with Crippen LogP contribution in [0.4, 0.5) is 16.4 Å². The standard InChI is InChI=1S/C23H22N4O4S2/c1-13-5-4-6-14(2)20(13)26-33(29,30)19-8-16(9-24-22(19)31-3)25-21(28)18-12-32-23-17(18)7-15-10-27(23)11-15/h4-9,12,26H,10-11H2,1-3H3,(H,25,28). The summed E-state index contributed by atoms with van der Waals surface area (Å²) in [7, 11) is -2.68. The fraction of sp³-hybridized carbons (Fsp3) is 0.217. The van der Waals surface area contributed by atoms with Crippen LogP contribution in [0.1, 0.15) is 27.0 Å². The third-order valence-electron chi connectivity index (χ3n) is 5.75. The number of amides is 1. The van der Waals surface area contributed by atoms with Gasteiger partial charge in [0.2, 0.25) is 5.88 Å². The lowest BCUT2D eigenvalue weighted by Crippen LogP contribution is -2.42. The van der Waals surface area contributed by atoms with Gasteiger partial charge in [-0.05, 0) is 42.7 Å². The molecule has 0 saturated carbocycles. The molecule has 1 amide bonds. The number of nitrogens with zero attached hydrogens (tertiary/aromatic N) is 2. The summed E-state index contributed by atoms with van der Waals surface area (Å²) in [6, 6.07) is 6.88. The highest BCUT2D eigenvalue weighted by Crippen LogP contribution is 2.42. The topological polar surface area (TPSA) is 101 Å². The number of carbonyl (C=O) groups is 1. The lowest BCUT2D eigenvalue weighted by Gasteiger charge is -2.39. The quantitative estimate of drug-likeness (QED) is 0.550. The highest BCUT2D eigenvalue weighted by atomic mass is 32.2. The molecular weight excluding hydrogens is 460 g/mol. The van der Waals surface area contributed by atoms with Gasteiger partial charge in [0, 0.05) is 24.0 Å². The fourth-order valence-corrected chi connectivity index (χ4v) is 6.40. The first-order chi connectivity index (χ1) is 15.8. The Kier molecular flexibility index (Phi) is 5.13. The molecule has 170 valence electrons. The van der Waals surface area contributed by atoms with Crippen LogP contribution in [0.2, 0.25) is 0 Å². The Labute approximate surface area is 196 Å². The molecule has 0 unspecified atom stereocenters. The lowest BCUT2D eigenvalue weighted by molar-refractivity contribution is 0.102. The molecule has 8 nitrogen and oxygen atoms in total. The minimum atomic E-state index is -4.03. The number of aromatic nitrogens is 1. The van der Waals surface area contributed by atoms with Crippen LogP contribution in [-0.4, -0.2) is 39.5 Å². The predicted octanol–water partition coefficient (Wildman–Crippen LogP) is 4.04. The molecule has 10 heteroatoms. The van der Waals surface area contributed by atoms with E-state index in [2.05, 4.69) is 26.0 Å². The molecule has 5 heterocycles. The van der Waals surface area contributed by atoms with E-state index >= 15 is 0 Å². The molecule has 3 aromatic rings. The summed E-state index contributed by atoms with van der Waals surface area (Å²) in [6.07, 6.45) is 3.45. The second kappa shape index (κ2) is 7.89. The number of nitrogens with one attached hydrogen (secondary N) is 2. The van der Waals surface area contributed by atoms with E-state index in [4.69, 9.17) is 4.74 Å². The Balaban J connectivity index is 1.45. The van der Waals surface area contributed by atoms with Gasteiger partial charge in [0.1, 0.15) is 0 Å². The number of rotatable bonds is 6. The van der Waals surface area contributed by atoms with Crippen molar-refractivity contribution in [3.63, 3.8) is 0 Å². The van der Waals surface area contributed by atoms with Gasteiger partial charge in [-0.3, -0.25) is 9.52 Å². The number of methoxy groups -OCH3 is 1. The summed E-state index contributed by atoms with van der Waals surface area (Å²) in [5, 5.41) is 5.70. The summed E-state index contributed by atoms with van der Waals surface area (Å²) < 4.78 is 34.3. The number of anilines is 3. The minimum Gasteiger partial charge on any atom is -0.480 e. The first-order valence-electron chi connectivity index (χ1n) is 10.3. The largest absolute Gasteiger partial charge is 0.480 e. The molecule has 33 heavy (non-hydrogen) atoms. The molecule has 6 rings (SSSR count). The number of pyridine rings is 1. The number of para-hydroxylation sites is 1. The number of carbonyl (C=O) groups excluding carboxylic acids is 1. The maximum Gasteiger partial charge on any atom is 0.267 e. The summed E-state index contributed by atoms with van der Waals surface area (Å²) in [4.78, 5) is 19.2. The summed E-state index contributed by atoms with van der Waals surface area (Å²) in [6.45, 7) is 5.50. The van der Waals surface area contributed by atoms with Gasteiger partial charge in [0.05, 0.1) is 35.2 Å². The summed E-state index contributed by atoms with van der Waals surface area (Å²) in [5.41, 5.74) is 5.12. The van der Waals surface area contributed by atoms with E-state index in [0.717, 1.165) is 34.8 Å². The Hall–Kier alpha value is -3.37. The van der Waals surface area contributed by atoms with Gasteiger partial charge in [0.15, 0.2) is 4.90 Å². The Morgan fingerprint density at radius 2 is 1.94 bits per heavy atom. The molecule has 1 aromatic carbocycles. The summed E-state index contributed by atoms with van der Waals surface area (Å²) >= 11 is 1.53. The zero-order valence-electron chi connectivity index (χ0n) is 18.3. The first kappa shape index (κ1) is 21.5. The molecule has 0 atom stereocenters. The zero-order valence-corrected chi connectivity index (χ0v) is 19.9. The van der Waals surface area contributed by atoms with E-state index in [9.17, 15) is 13.2 Å². The molecule has 3 aliphatic rings. The van der Waals surface area contributed by atoms with E-state index < -0.39 is 10.0 Å². The monoisotopic (exact) mass is 482 g/mol. The van der Waals surface area contributed by atoms with Gasteiger partial charge >= 0.3 is 0 Å². The predicted molar refractivity (Wildman–Crippen MR) is 130 cm³/mol. The molecule has 3 aliphatic heterocycles. The van der Waals surface area contributed by atoms with Crippen LogP contribution in [0.5, 0.6) is 5.88 Å². The fourth-order valence-electron chi connectivity index (χ4n) is 4.01.